The summed E-state index contributed by atoms with van der Waals surface area (Å²) in [7, 11) is 2.85. The quantitative estimate of drug-likeness (QED) is 0.455. The SMILES string of the molecule is CC(=O)Nc1cc(Oc2cnc3nc(Nc4cc(C(F)(F)F)cn(C)c4=O)n(C)c3c2)ccn1. The number of aromatic nitrogens is 5. The Labute approximate surface area is 190 Å². The molecular formula is C21H18F3N7O3. The summed E-state index contributed by atoms with van der Waals surface area (Å²) in [6, 6.07) is 5.49. The van der Waals surface area contributed by atoms with Crippen LogP contribution in [-0.2, 0) is 25.1 Å². The Morgan fingerprint density at radius 3 is 2.59 bits per heavy atom. The summed E-state index contributed by atoms with van der Waals surface area (Å²) in [5, 5.41) is 5.22. The molecule has 0 aliphatic carbocycles. The third kappa shape index (κ3) is 4.67. The normalized spacial score (nSPS) is 11.5. The first kappa shape index (κ1) is 22.8. The van der Waals surface area contributed by atoms with Gasteiger partial charge in [0.15, 0.2) is 5.65 Å². The molecule has 0 aliphatic rings. The average molecular weight is 473 g/mol. The number of alkyl halides is 3. The van der Waals surface area contributed by atoms with Gasteiger partial charge in [-0.1, -0.05) is 0 Å². The third-order valence-electron chi connectivity index (χ3n) is 4.74. The molecular weight excluding hydrogens is 455 g/mol. The molecule has 0 aliphatic heterocycles. The van der Waals surface area contributed by atoms with Crippen LogP contribution >= 0.6 is 0 Å². The molecule has 176 valence electrons. The number of hydrogen-bond acceptors (Lipinski definition) is 7. The number of nitrogens with zero attached hydrogens (tertiary/aromatic N) is 5. The van der Waals surface area contributed by atoms with Crippen molar-refractivity contribution in [1.82, 2.24) is 24.1 Å². The summed E-state index contributed by atoms with van der Waals surface area (Å²) in [6.07, 6.45) is -1.01. The molecule has 4 heterocycles. The van der Waals surface area contributed by atoms with Crippen molar-refractivity contribution < 1.29 is 22.7 Å². The van der Waals surface area contributed by atoms with Crippen molar-refractivity contribution in [2.24, 2.45) is 14.1 Å². The topological polar surface area (TPSA) is 116 Å². The molecule has 0 radical (unpaired) electrons. The predicted octanol–water partition coefficient (Wildman–Crippen LogP) is 3.58. The number of halogens is 3. The predicted molar refractivity (Wildman–Crippen MR) is 117 cm³/mol. The zero-order valence-electron chi connectivity index (χ0n) is 18.1. The van der Waals surface area contributed by atoms with Crippen molar-refractivity contribution in [3.8, 4) is 11.5 Å². The lowest BCUT2D eigenvalue weighted by molar-refractivity contribution is -0.138. The largest absolute Gasteiger partial charge is 0.455 e. The number of imidazole rings is 1. The molecule has 4 rings (SSSR count). The van der Waals surface area contributed by atoms with Crippen LogP contribution in [0.15, 0.2) is 47.7 Å². The number of pyridine rings is 3. The number of anilines is 3. The monoisotopic (exact) mass is 473 g/mol. The van der Waals surface area contributed by atoms with Gasteiger partial charge in [-0.3, -0.25) is 9.59 Å². The first-order valence-corrected chi connectivity index (χ1v) is 9.80. The van der Waals surface area contributed by atoms with Crippen LogP contribution in [0, 0.1) is 0 Å². The number of carbonyl (C=O) groups excluding carboxylic acids is 1. The second kappa shape index (κ2) is 8.50. The summed E-state index contributed by atoms with van der Waals surface area (Å²) in [5.74, 6) is 0.893. The van der Waals surface area contributed by atoms with Gasteiger partial charge in [0.05, 0.1) is 17.3 Å². The number of nitrogens with one attached hydrogen (secondary N) is 2. The van der Waals surface area contributed by atoms with Gasteiger partial charge in [-0.15, -0.1) is 0 Å². The zero-order valence-corrected chi connectivity index (χ0v) is 18.1. The highest BCUT2D eigenvalue weighted by Crippen LogP contribution is 2.31. The molecule has 13 heteroatoms. The van der Waals surface area contributed by atoms with Crippen LogP contribution < -0.4 is 20.9 Å². The van der Waals surface area contributed by atoms with Crippen LogP contribution in [-0.4, -0.2) is 30.0 Å². The van der Waals surface area contributed by atoms with Crippen molar-refractivity contribution in [2.45, 2.75) is 13.1 Å². The number of hydrogen-bond donors (Lipinski definition) is 2. The van der Waals surface area contributed by atoms with Crippen molar-refractivity contribution in [3.05, 3.63) is 58.8 Å². The molecule has 0 fully saturated rings. The maximum absolute atomic E-state index is 13.2. The lowest BCUT2D eigenvalue weighted by Gasteiger charge is -2.12. The fourth-order valence-electron chi connectivity index (χ4n) is 3.15. The van der Waals surface area contributed by atoms with Gasteiger partial charge >= 0.3 is 6.18 Å². The van der Waals surface area contributed by atoms with Gasteiger partial charge in [-0.2, -0.15) is 18.2 Å². The number of fused-ring (bicyclic) bond motifs is 1. The molecule has 1 amide bonds. The smallest absolute Gasteiger partial charge is 0.417 e. The van der Waals surface area contributed by atoms with Gasteiger partial charge < -0.3 is 24.5 Å². The van der Waals surface area contributed by atoms with Gasteiger partial charge in [-0.05, 0) is 12.1 Å². The second-order valence-electron chi connectivity index (χ2n) is 7.35. The summed E-state index contributed by atoms with van der Waals surface area (Å²) in [5.41, 5.74) is -1.12. The van der Waals surface area contributed by atoms with Crippen LogP contribution in [0.1, 0.15) is 12.5 Å². The maximum atomic E-state index is 13.2. The zero-order chi connectivity index (χ0) is 24.6. The molecule has 34 heavy (non-hydrogen) atoms. The van der Waals surface area contributed by atoms with E-state index in [9.17, 15) is 22.8 Å². The van der Waals surface area contributed by atoms with Crippen LogP contribution in [0.3, 0.4) is 0 Å². The molecule has 4 aromatic rings. The number of carbonyl (C=O) groups is 1. The first-order chi connectivity index (χ1) is 16.0. The minimum Gasteiger partial charge on any atom is -0.455 e. The van der Waals surface area contributed by atoms with E-state index in [1.165, 1.54) is 37.0 Å². The Morgan fingerprint density at radius 1 is 1.12 bits per heavy atom. The molecule has 0 spiro atoms. The summed E-state index contributed by atoms with van der Waals surface area (Å²) >= 11 is 0. The lowest BCUT2D eigenvalue weighted by atomic mass is 10.2. The van der Waals surface area contributed by atoms with Crippen molar-refractivity contribution >= 4 is 34.5 Å². The third-order valence-corrected chi connectivity index (χ3v) is 4.74. The number of amides is 1. The first-order valence-electron chi connectivity index (χ1n) is 9.80. The van der Waals surface area contributed by atoms with E-state index in [-0.39, 0.29) is 23.2 Å². The maximum Gasteiger partial charge on any atom is 0.417 e. The average Bonchev–Trinajstić information content (AvgIpc) is 3.05. The fourth-order valence-corrected chi connectivity index (χ4v) is 3.15. The summed E-state index contributed by atoms with van der Waals surface area (Å²) in [4.78, 5) is 36.1. The fraction of sp³-hybridized carbons (Fsp3) is 0.190. The van der Waals surface area contributed by atoms with Gasteiger partial charge in [-0.25, -0.2) is 9.97 Å². The lowest BCUT2D eigenvalue weighted by Crippen LogP contribution is -2.23. The van der Waals surface area contributed by atoms with Crippen LogP contribution in [0.2, 0.25) is 0 Å². The van der Waals surface area contributed by atoms with Gasteiger partial charge in [0.1, 0.15) is 23.0 Å². The molecule has 0 aromatic carbocycles. The van der Waals surface area contributed by atoms with E-state index in [4.69, 9.17) is 4.74 Å². The second-order valence-corrected chi connectivity index (χ2v) is 7.35. The highest BCUT2D eigenvalue weighted by atomic mass is 19.4. The molecule has 0 saturated carbocycles. The molecule has 0 unspecified atom stereocenters. The van der Waals surface area contributed by atoms with Crippen LogP contribution in [0.4, 0.5) is 30.6 Å². The molecule has 10 nitrogen and oxygen atoms in total. The number of aryl methyl sites for hydroxylation is 2. The standard InChI is InChI=1S/C21H18F3N7O3/c1-11(32)27-17-8-13(4-5-25-17)34-14-7-16-18(26-9-14)29-20(31(16)3)28-15-6-12(21(22,23)24)10-30(2)19(15)33/h4-10H,1-3H3,(H,25,27,32)(H,26,28,29). The van der Waals surface area contributed by atoms with E-state index in [0.717, 1.165) is 16.8 Å². The molecule has 4 aromatic heterocycles. The number of ether oxygens (including phenoxy) is 1. The molecule has 0 atom stereocenters. The van der Waals surface area contributed by atoms with E-state index in [1.807, 2.05) is 0 Å². The van der Waals surface area contributed by atoms with Gasteiger partial charge in [0.25, 0.3) is 5.56 Å². The highest BCUT2D eigenvalue weighted by molar-refractivity contribution is 5.87. The molecule has 0 bridgehead atoms. The Balaban J connectivity index is 1.64. The van der Waals surface area contributed by atoms with Crippen molar-refractivity contribution in [2.75, 3.05) is 10.6 Å². The number of rotatable bonds is 5. The Bertz CT molecular complexity index is 1460. The van der Waals surface area contributed by atoms with Crippen molar-refractivity contribution in [3.63, 3.8) is 0 Å². The van der Waals surface area contributed by atoms with E-state index >= 15 is 0 Å². The van der Waals surface area contributed by atoms with Crippen molar-refractivity contribution in [1.29, 1.82) is 0 Å². The summed E-state index contributed by atoms with van der Waals surface area (Å²) in [6.45, 7) is 1.36. The molecule has 0 saturated heterocycles. The minimum atomic E-state index is -4.62. The Kier molecular flexibility index (Phi) is 5.69. The van der Waals surface area contributed by atoms with Crippen LogP contribution in [0.25, 0.3) is 11.2 Å². The minimum absolute atomic E-state index is 0.118. The van der Waals surface area contributed by atoms with E-state index < -0.39 is 17.3 Å². The van der Waals surface area contributed by atoms with E-state index in [0.29, 0.717) is 22.8 Å². The summed E-state index contributed by atoms with van der Waals surface area (Å²) < 4.78 is 47.7. The Hall–Kier alpha value is -4.42. The van der Waals surface area contributed by atoms with E-state index in [1.54, 1.807) is 19.2 Å². The van der Waals surface area contributed by atoms with Gasteiger partial charge in [0.2, 0.25) is 11.9 Å². The highest BCUT2D eigenvalue weighted by Gasteiger charge is 2.32. The van der Waals surface area contributed by atoms with Crippen LogP contribution in [0.5, 0.6) is 11.5 Å². The van der Waals surface area contributed by atoms with Gasteiger partial charge in [0, 0.05) is 45.5 Å². The molecule has 2 N–H and O–H groups in total. The Morgan fingerprint density at radius 2 is 1.88 bits per heavy atom. The van der Waals surface area contributed by atoms with E-state index in [2.05, 4.69) is 25.6 Å².